The first-order valence-corrected chi connectivity index (χ1v) is 7.75. The summed E-state index contributed by atoms with van der Waals surface area (Å²) in [6, 6.07) is 10.1. The molecular formula is C18H19F3N2O2. The highest BCUT2D eigenvalue weighted by atomic mass is 19.4. The van der Waals surface area contributed by atoms with Crippen LogP contribution in [0, 0.1) is 0 Å². The lowest BCUT2D eigenvalue weighted by atomic mass is 10.1. The summed E-state index contributed by atoms with van der Waals surface area (Å²) in [6.07, 6.45) is -3.86. The number of methoxy groups -OCH3 is 1. The van der Waals surface area contributed by atoms with Crippen molar-refractivity contribution in [1.29, 1.82) is 0 Å². The number of carbonyl (C=O) groups excluding carboxylic acids is 1. The van der Waals surface area contributed by atoms with Crippen molar-refractivity contribution in [2.24, 2.45) is 0 Å². The zero-order valence-corrected chi connectivity index (χ0v) is 13.9. The van der Waals surface area contributed by atoms with Crippen LogP contribution in [0.4, 0.5) is 24.5 Å². The molecule has 0 heterocycles. The lowest BCUT2D eigenvalue weighted by Crippen LogP contribution is -2.16. The number of nitrogens with one attached hydrogen (secondary N) is 2. The Kier molecular flexibility index (Phi) is 5.90. The van der Waals surface area contributed by atoms with Gasteiger partial charge in [-0.2, -0.15) is 13.2 Å². The lowest BCUT2D eigenvalue weighted by molar-refractivity contribution is -0.137. The molecule has 2 N–H and O–H groups in total. The standard InChI is InChI=1S/C18H19F3N2O2/c1-3-9-22-16-8-7-12(10-15(16)18(19,20)21)17(24)23-13-5-4-6-14(11-13)25-2/h4-8,10-11,22H,3,9H2,1-2H3,(H,23,24). The maximum atomic E-state index is 13.3. The Morgan fingerprint density at radius 3 is 2.56 bits per heavy atom. The summed E-state index contributed by atoms with van der Waals surface area (Å²) >= 11 is 0. The van der Waals surface area contributed by atoms with E-state index in [0.717, 1.165) is 6.07 Å². The van der Waals surface area contributed by atoms with Crippen molar-refractivity contribution in [1.82, 2.24) is 0 Å². The minimum absolute atomic E-state index is 0.0349. The van der Waals surface area contributed by atoms with Gasteiger partial charge in [-0.1, -0.05) is 13.0 Å². The van der Waals surface area contributed by atoms with Crippen molar-refractivity contribution in [3.63, 3.8) is 0 Å². The lowest BCUT2D eigenvalue weighted by Gasteiger charge is -2.16. The number of rotatable bonds is 6. The average molecular weight is 352 g/mol. The molecule has 4 nitrogen and oxygen atoms in total. The van der Waals surface area contributed by atoms with Crippen LogP contribution in [0.15, 0.2) is 42.5 Å². The monoisotopic (exact) mass is 352 g/mol. The molecule has 0 unspecified atom stereocenters. The Labute approximate surface area is 144 Å². The molecule has 0 spiro atoms. The molecule has 134 valence electrons. The highest BCUT2D eigenvalue weighted by Gasteiger charge is 2.34. The minimum Gasteiger partial charge on any atom is -0.497 e. The van der Waals surface area contributed by atoms with E-state index in [1.54, 1.807) is 24.3 Å². The van der Waals surface area contributed by atoms with E-state index in [9.17, 15) is 18.0 Å². The molecule has 2 rings (SSSR count). The molecule has 0 aliphatic heterocycles. The number of anilines is 2. The number of benzene rings is 2. The van der Waals surface area contributed by atoms with Crippen LogP contribution >= 0.6 is 0 Å². The van der Waals surface area contributed by atoms with E-state index in [-0.39, 0.29) is 11.3 Å². The molecule has 1 amide bonds. The first kappa shape index (κ1) is 18.6. The van der Waals surface area contributed by atoms with E-state index >= 15 is 0 Å². The van der Waals surface area contributed by atoms with Crippen molar-refractivity contribution in [3.05, 3.63) is 53.6 Å². The highest BCUT2D eigenvalue weighted by Crippen LogP contribution is 2.35. The number of amides is 1. The molecule has 0 aliphatic rings. The molecule has 0 aliphatic carbocycles. The van der Waals surface area contributed by atoms with Crippen LogP contribution in [0.1, 0.15) is 29.3 Å². The summed E-state index contributed by atoms with van der Waals surface area (Å²) in [5.74, 6) is -0.0892. The predicted octanol–water partition coefficient (Wildman–Crippen LogP) is 4.79. The fourth-order valence-corrected chi connectivity index (χ4v) is 2.24. The van der Waals surface area contributed by atoms with E-state index in [4.69, 9.17) is 4.74 Å². The molecular weight excluding hydrogens is 333 g/mol. The van der Waals surface area contributed by atoms with E-state index < -0.39 is 17.6 Å². The topological polar surface area (TPSA) is 50.4 Å². The Morgan fingerprint density at radius 1 is 1.16 bits per heavy atom. The van der Waals surface area contributed by atoms with Gasteiger partial charge in [0.1, 0.15) is 5.75 Å². The van der Waals surface area contributed by atoms with Crippen molar-refractivity contribution in [2.45, 2.75) is 19.5 Å². The van der Waals surface area contributed by atoms with Gasteiger partial charge in [0.05, 0.1) is 12.7 Å². The number of halogens is 3. The first-order valence-electron chi connectivity index (χ1n) is 7.75. The fourth-order valence-electron chi connectivity index (χ4n) is 2.24. The Morgan fingerprint density at radius 2 is 1.92 bits per heavy atom. The number of ether oxygens (including phenoxy) is 1. The second kappa shape index (κ2) is 7.92. The quantitative estimate of drug-likeness (QED) is 0.786. The maximum Gasteiger partial charge on any atom is 0.418 e. The second-order valence-corrected chi connectivity index (χ2v) is 5.37. The van der Waals surface area contributed by atoms with Crippen LogP contribution in [0.25, 0.3) is 0 Å². The zero-order valence-electron chi connectivity index (χ0n) is 13.9. The maximum absolute atomic E-state index is 13.3. The Bertz CT molecular complexity index is 745. The molecule has 0 atom stereocenters. The smallest absolute Gasteiger partial charge is 0.418 e. The van der Waals surface area contributed by atoms with Gasteiger partial charge in [-0.25, -0.2) is 0 Å². The van der Waals surface area contributed by atoms with Crippen LogP contribution in [-0.2, 0) is 6.18 Å². The van der Waals surface area contributed by atoms with Gasteiger partial charge in [-0.15, -0.1) is 0 Å². The highest BCUT2D eigenvalue weighted by molar-refractivity contribution is 6.04. The number of alkyl halides is 3. The third-order valence-electron chi connectivity index (χ3n) is 3.48. The third-order valence-corrected chi connectivity index (χ3v) is 3.48. The van der Waals surface area contributed by atoms with Crippen molar-refractivity contribution in [3.8, 4) is 5.75 Å². The third kappa shape index (κ3) is 4.89. The summed E-state index contributed by atoms with van der Waals surface area (Å²) in [6.45, 7) is 2.27. The van der Waals surface area contributed by atoms with Gasteiger partial charge in [-0.3, -0.25) is 4.79 Å². The van der Waals surface area contributed by atoms with Gasteiger partial charge in [-0.05, 0) is 36.8 Å². The summed E-state index contributed by atoms with van der Waals surface area (Å²) < 4.78 is 44.8. The molecule has 0 aromatic heterocycles. The number of hydrogen-bond donors (Lipinski definition) is 2. The zero-order chi connectivity index (χ0) is 18.4. The molecule has 7 heteroatoms. The molecule has 0 saturated heterocycles. The molecule has 0 radical (unpaired) electrons. The van der Waals surface area contributed by atoms with Crippen LogP contribution in [-0.4, -0.2) is 19.6 Å². The largest absolute Gasteiger partial charge is 0.497 e. The van der Waals surface area contributed by atoms with Crippen LogP contribution in [0.5, 0.6) is 5.75 Å². The normalized spacial score (nSPS) is 11.1. The van der Waals surface area contributed by atoms with E-state index in [1.807, 2.05) is 6.92 Å². The van der Waals surface area contributed by atoms with E-state index in [1.165, 1.54) is 19.2 Å². The first-order chi connectivity index (χ1) is 11.8. The van der Waals surface area contributed by atoms with Gasteiger partial charge in [0.25, 0.3) is 5.91 Å². The molecule has 25 heavy (non-hydrogen) atoms. The van der Waals surface area contributed by atoms with Crippen LogP contribution in [0.3, 0.4) is 0 Å². The molecule has 2 aromatic rings. The van der Waals surface area contributed by atoms with Gasteiger partial charge in [0.2, 0.25) is 0 Å². The second-order valence-electron chi connectivity index (χ2n) is 5.37. The van der Waals surface area contributed by atoms with Crippen molar-refractivity contribution >= 4 is 17.3 Å². The summed E-state index contributed by atoms with van der Waals surface area (Å²) in [5.41, 5.74) is -0.533. The Balaban J connectivity index is 2.27. The summed E-state index contributed by atoms with van der Waals surface area (Å²) in [5, 5.41) is 5.30. The molecule has 2 aromatic carbocycles. The predicted molar refractivity (Wildman–Crippen MR) is 91.2 cm³/mol. The molecule has 0 fully saturated rings. The van der Waals surface area contributed by atoms with E-state index in [0.29, 0.717) is 24.4 Å². The van der Waals surface area contributed by atoms with Crippen LogP contribution in [0.2, 0.25) is 0 Å². The SMILES string of the molecule is CCCNc1ccc(C(=O)Nc2cccc(OC)c2)cc1C(F)(F)F. The number of carbonyl (C=O) groups is 1. The van der Waals surface area contributed by atoms with Crippen molar-refractivity contribution < 1.29 is 22.7 Å². The summed E-state index contributed by atoms with van der Waals surface area (Å²) in [7, 11) is 1.48. The average Bonchev–Trinajstić information content (AvgIpc) is 2.59. The Hall–Kier alpha value is -2.70. The van der Waals surface area contributed by atoms with Crippen molar-refractivity contribution in [2.75, 3.05) is 24.3 Å². The summed E-state index contributed by atoms with van der Waals surface area (Å²) in [4.78, 5) is 12.3. The number of hydrogen-bond acceptors (Lipinski definition) is 3. The van der Waals surface area contributed by atoms with Gasteiger partial charge in [0.15, 0.2) is 0 Å². The fraction of sp³-hybridized carbons (Fsp3) is 0.278. The van der Waals surface area contributed by atoms with Gasteiger partial charge < -0.3 is 15.4 Å². The van der Waals surface area contributed by atoms with Gasteiger partial charge >= 0.3 is 6.18 Å². The minimum atomic E-state index is -4.55. The van der Waals surface area contributed by atoms with Crippen LogP contribution < -0.4 is 15.4 Å². The molecule has 0 saturated carbocycles. The molecule has 0 bridgehead atoms. The van der Waals surface area contributed by atoms with Gasteiger partial charge in [0, 0.05) is 29.5 Å². The van der Waals surface area contributed by atoms with E-state index in [2.05, 4.69) is 10.6 Å².